The summed E-state index contributed by atoms with van der Waals surface area (Å²) in [4.78, 5) is 22.8. The lowest BCUT2D eigenvalue weighted by Gasteiger charge is -2.27. The first-order valence-corrected chi connectivity index (χ1v) is 7.62. The van der Waals surface area contributed by atoms with Gasteiger partial charge in [-0.15, -0.1) is 0 Å². The SMILES string of the molecule is CC(C)C1(C)CC1NC(=O)NC1CCC(C(=O)O)CC1. The first kappa shape index (κ1) is 15.1. The van der Waals surface area contributed by atoms with Crippen molar-refractivity contribution in [3.8, 4) is 0 Å². The van der Waals surface area contributed by atoms with Gasteiger partial charge in [-0.2, -0.15) is 0 Å². The molecule has 3 N–H and O–H groups in total. The van der Waals surface area contributed by atoms with Gasteiger partial charge in [0.25, 0.3) is 0 Å². The van der Waals surface area contributed by atoms with Gasteiger partial charge in [0.05, 0.1) is 5.92 Å². The second kappa shape index (κ2) is 5.62. The molecule has 2 aliphatic rings. The van der Waals surface area contributed by atoms with Gasteiger partial charge < -0.3 is 15.7 Å². The molecule has 0 aromatic carbocycles. The van der Waals surface area contributed by atoms with Gasteiger partial charge in [0.2, 0.25) is 0 Å². The van der Waals surface area contributed by atoms with E-state index in [1.807, 2.05) is 0 Å². The Bertz CT molecular complexity index is 389. The predicted molar refractivity (Wildman–Crippen MR) is 76.4 cm³/mol. The number of aliphatic carboxylic acids is 1. The Kier molecular flexibility index (Phi) is 4.25. The maximum Gasteiger partial charge on any atom is 0.315 e. The first-order valence-electron chi connectivity index (χ1n) is 7.62. The van der Waals surface area contributed by atoms with E-state index in [1.54, 1.807) is 0 Å². The Morgan fingerprint density at radius 3 is 2.20 bits per heavy atom. The third-order valence-corrected chi connectivity index (χ3v) is 5.32. The number of carboxylic acid groups (broad SMARTS) is 1. The van der Waals surface area contributed by atoms with Gasteiger partial charge in [-0.25, -0.2) is 4.79 Å². The fourth-order valence-corrected chi connectivity index (χ4v) is 3.10. The van der Waals surface area contributed by atoms with E-state index in [9.17, 15) is 9.59 Å². The van der Waals surface area contributed by atoms with Gasteiger partial charge in [-0.1, -0.05) is 20.8 Å². The minimum atomic E-state index is -0.710. The molecule has 5 nitrogen and oxygen atoms in total. The minimum absolute atomic E-state index is 0.0989. The molecule has 2 unspecified atom stereocenters. The van der Waals surface area contributed by atoms with E-state index in [-0.39, 0.29) is 29.4 Å². The molecule has 0 radical (unpaired) electrons. The summed E-state index contributed by atoms with van der Waals surface area (Å²) in [7, 11) is 0. The number of carboxylic acids is 1. The van der Waals surface area contributed by atoms with Crippen LogP contribution in [0.3, 0.4) is 0 Å². The lowest BCUT2D eigenvalue weighted by Crippen LogP contribution is -2.45. The zero-order valence-electron chi connectivity index (χ0n) is 12.6. The number of carbonyl (C=O) groups excluding carboxylic acids is 1. The lowest BCUT2D eigenvalue weighted by atomic mass is 9.86. The molecule has 0 heterocycles. The predicted octanol–water partition coefficient (Wildman–Crippen LogP) is 2.36. The van der Waals surface area contributed by atoms with E-state index >= 15 is 0 Å². The Balaban J connectivity index is 1.70. The first-order chi connectivity index (χ1) is 9.33. The molecule has 2 atom stereocenters. The fraction of sp³-hybridized carbons (Fsp3) is 0.867. The van der Waals surface area contributed by atoms with Crippen LogP contribution in [0.2, 0.25) is 0 Å². The molecule has 2 amide bonds. The van der Waals surface area contributed by atoms with Crippen molar-refractivity contribution in [2.75, 3.05) is 0 Å². The normalized spacial score (nSPS) is 36.5. The van der Waals surface area contributed by atoms with Crippen molar-refractivity contribution in [2.45, 2.75) is 65.0 Å². The summed E-state index contributed by atoms with van der Waals surface area (Å²) in [6.07, 6.45) is 3.89. The molecule has 0 aromatic rings. The van der Waals surface area contributed by atoms with Crippen LogP contribution in [0.5, 0.6) is 0 Å². The molecule has 2 rings (SSSR count). The molecule has 2 aliphatic carbocycles. The summed E-state index contributed by atoms with van der Waals surface area (Å²) in [6, 6.07) is 0.297. The summed E-state index contributed by atoms with van der Waals surface area (Å²) in [6.45, 7) is 6.58. The summed E-state index contributed by atoms with van der Waals surface area (Å²) < 4.78 is 0. The van der Waals surface area contributed by atoms with Crippen LogP contribution in [0.25, 0.3) is 0 Å². The van der Waals surface area contributed by atoms with Crippen molar-refractivity contribution in [3.05, 3.63) is 0 Å². The number of amides is 2. The van der Waals surface area contributed by atoms with Crippen LogP contribution in [0.15, 0.2) is 0 Å². The highest BCUT2D eigenvalue weighted by atomic mass is 16.4. The minimum Gasteiger partial charge on any atom is -0.481 e. The Morgan fingerprint density at radius 2 is 1.75 bits per heavy atom. The summed E-state index contributed by atoms with van der Waals surface area (Å²) in [5.74, 6) is -0.374. The topological polar surface area (TPSA) is 78.4 Å². The van der Waals surface area contributed by atoms with Crippen molar-refractivity contribution in [3.63, 3.8) is 0 Å². The Labute approximate surface area is 120 Å². The van der Waals surface area contributed by atoms with E-state index in [2.05, 4.69) is 31.4 Å². The van der Waals surface area contributed by atoms with E-state index in [0.29, 0.717) is 18.8 Å². The second-order valence-electron chi connectivity index (χ2n) is 6.92. The number of hydrogen-bond acceptors (Lipinski definition) is 2. The highest BCUT2D eigenvalue weighted by Gasteiger charge is 2.52. The van der Waals surface area contributed by atoms with Crippen LogP contribution >= 0.6 is 0 Å². The monoisotopic (exact) mass is 282 g/mol. The Morgan fingerprint density at radius 1 is 1.15 bits per heavy atom. The maximum atomic E-state index is 11.9. The molecule has 0 aromatic heterocycles. The standard InChI is InChI=1S/C15H26N2O3/c1-9(2)15(3)8-12(15)17-14(20)16-11-6-4-10(5-7-11)13(18)19/h9-12H,4-8H2,1-3H3,(H,18,19)(H2,16,17,20). The molecule has 114 valence electrons. The van der Waals surface area contributed by atoms with Gasteiger partial charge in [-0.3, -0.25) is 4.79 Å². The second-order valence-corrected chi connectivity index (χ2v) is 6.92. The van der Waals surface area contributed by atoms with Crippen molar-refractivity contribution in [2.24, 2.45) is 17.3 Å². The molecular formula is C15H26N2O3. The molecule has 20 heavy (non-hydrogen) atoms. The van der Waals surface area contributed by atoms with Crippen molar-refractivity contribution in [1.82, 2.24) is 10.6 Å². The van der Waals surface area contributed by atoms with E-state index in [0.717, 1.165) is 19.3 Å². The van der Waals surface area contributed by atoms with Crippen molar-refractivity contribution < 1.29 is 14.7 Å². The number of nitrogens with one attached hydrogen (secondary N) is 2. The average Bonchev–Trinajstić information content (AvgIpc) is 3.01. The molecule has 0 bridgehead atoms. The van der Waals surface area contributed by atoms with E-state index in [4.69, 9.17) is 5.11 Å². The molecule has 2 saturated carbocycles. The van der Waals surface area contributed by atoms with Crippen molar-refractivity contribution >= 4 is 12.0 Å². The smallest absolute Gasteiger partial charge is 0.315 e. The van der Waals surface area contributed by atoms with Crippen LogP contribution in [-0.2, 0) is 4.79 Å². The zero-order chi connectivity index (χ0) is 14.9. The highest BCUT2D eigenvalue weighted by molar-refractivity contribution is 5.75. The summed E-state index contributed by atoms with van der Waals surface area (Å²) in [5, 5.41) is 15.0. The van der Waals surface area contributed by atoms with Gasteiger partial charge >= 0.3 is 12.0 Å². The highest BCUT2D eigenvalue weighted by Crippen LogP contribution is 2.51. The summed E-state index contributed by atoms with van der Waals surface area (Å²) in [5.41, 5.74) is 0.234. The largest absolute Gasteiger partial charge is 0.481 e. The number of carbonyl (C=O) groups is 2. The average molecular weight is 282 g/mol. The lowest BCUT2D eigenvalue weighted by molar-refractivity contribution is -0.142. The molecule has 0 saturated heterocycles. The van der Waals surface area contributed by atoms with E-state index in [1.165, 1.54) is 0 Å². The molecule has 2 fully saturated rings. The molecule has 0 spiro atoms. The quantitative estimate of drug-likeness (QED) is 0.740. The third-order valence-electron chi connectivity index (χ3n) is 5.32. The molecule has 0 aliphatic heterocycles. The van der Waals surface area contributed by atoms with Crippen LogP contribution in [0, 0.1) is 17.3 Å². The van der Waals surface area contributed by atoms with Gasteiger partial charge in [0.1, 0.15) is 0 Å². The van der Waals surface area contributed by atoms with Crippen molar-refractivity contribution in [1.29, 1.82) is 0 Å². The van der Waals surface area contributed by atoms with Gasteiger partial charge in [-0.05, 0) is 43.4 Å². The third kappa shape index (κ3) is 3.25. The maximum absolute atomic E-state index is 11.9. The zero-order valence-corrected chi connectivity index (χ0v) is 12.6. The summed E-state index contributed by atoms with van der Waals surface area (Å²) >= 11 is 0. The number of hydrogen-bond donors (Lipinski definition) is 3. The van der Waals surface area contributed by atoms with Gasteiger partial charge in [0.15, 0.2) is 0 Å². The fourth-order valence-electron chi connectivity index (χ4n) is 3.10. The van der Waals surface area contributed by atoms with Crippen LogP contribution < -0.4 is 10.6 Å². The van der Waals surface area contributed by atoms with Crippen LogP contribution in [0.4, 0.5) is 4.79 Å². The Hall–Kier alpha value is -1.26. The number of rotatable bonds is 4. The van der Waals surface area contributed by atoms with E-state index < -0.39 is 5.97 Å². The van der Waals surface area contributed by atoms with Crippen LogP contribution in [0.1, 0.15) is 52.9 Å². The van der Waals surface area contributed by atoms with Gasteiger partial charge in [0, 0.05) is 12.1 Å². The number of urea groups is 1. The molecule has 5 heteroatoms. The van der Waals surface area contributed by atoms with Crippen LogP contribution in [-0.4, -0.2) is 29.2 Å². The molecular weight excluding hydrogens is 256 g/mol.